The summed E-state index contributed by atoms with van der Waals surface area (Å²) < 4.78 is 37.4. The smallest absolute Gasteiger partial charge is 0.303 e. The molecule has 1 fully saturated rings. The van der Waals surface area contributed by atoms with Crippen molar-refractivity contribution in [1.82, 2.24) is 0 Å². The lowest BCUT2D eigenvalue weighted by molar-refractivity contribution is -0.285. The Morgan fingerprint density at radius 3 is 1.84 bits per heavy atom. The van der Waals surface area contributed by atoms with Gasteiger partial charge in [0.2, 0.25) is 10.9 Å². The van der Waals surface area contributed by atoms with E-state index >= 15 is 0 Å². The van der Waals surface area contributed by atoms with Gasteiger partial charge in [-0.05, 0) is 15.9 Å². The standard InChI is InChI=1S/C14H18BrFO9/c1-6(17)21-5-14(15)12(24-9(4)20)10(22-7(2)18)11(13(16)25-14)23-8(3)19/h10-13H,5H2,1-4H3/t10-,11-,12+,13-,14-/m1/s1. The largest absolute Gasteiger partial charge is 0.462 e. The summed E-state index contributed by atoms with van der Waals surface area (Å²) in [5, 5.41) is 0. The summed E-state index contributed by atoms with van der Waals surface area (Å²) in [5.41, 5.74) is 0. The Balaban J connectivity index is 3.26. The molecule has 0 saturated carbocycles. The van der Waals surface area contributed by atoms with E-state index in [1.165, 1.54) is 0 Å². The monoisotopic (exact) mass is 428 g/mol. The number of hydrogen-bond acceptors (Lipinski definition) is 9. The molecule has 142 valence electrons. The first-order chi connectivity index (χ1) is 11.5. The zero-order valence-electron chi connectivity index (χ0n) is 13.9. The van der Waals surface area contributed by atoms with Crippen molar-refractivity contribution in [2.24, 2.45) is 0 Å². The van der Waals surface area contributed by atoms with Crippen LogP contribution in [0.25, 0.3) is 0 Å². The second-order valence-corrected chi connectivity index (χ2v) is 6.56. The number of alkyl halides is 2. The van der Waals surface area contributed by atoms with Gasteiger partial charge in [-0.25, -0.2) is 4.39 Å². The number of rotatable bonds is 5. The maximum Gasteiger partial charge on any atom is 0.303 e. The van der Waals surface area contributed by atoms with E-state index in [0.717, 1.165) is 27.7 Å². The Labute approximate surface area is 151 Å². The third kappa shape index (κ3) is 5.92. The maximum absolute atomic E-state index is 14.4. The van der Waals surface area contributed by atoms with Gasteiger partial charge in [-0.1, -0.05) is 0 Å². The van der Waals surface area contributed by atoms with Gasteiger partial charge < -0.3 is 23.7 Å². The zero-order chi connectivity index (χ0) is 19.4. The molecule has 11 heteroatoms. The van der Waals surface area contributed by atoms with E-state index in [4.69, 9.17) is 23.7 Å². The van der Waals surface area contributed by atoms with Crippen molar-refractivity contribution in [3.05, 3.63) is 0 Å². The summed E-state index contributed by atoms with van der Waals surface area (Å²) in [5.74, 6) is -3.21. The Kier molecular flexibility index (Phi) is 7.29. The Morgan fingerprint density at radius 2 is 1.40 bits per heavy atom. The number of carbonyl (C=O) groups is 4. The summed E-state index contributed by atoms with van der Waals surface area (Å²) in [6.07, 6.45) is -6.95. The summed E-state index contributed by atoms with van der Waals surface area (Å²) in [6, 6.07) is 0. The van der Waals surface area contributed by atoms with E-state index < -0.39 is 59.7 Å². The van der Waals surface area contributed by atoms with Crippen molar-refractivity contribution in [2.45, 2.75) is 56.9 Å². The molecule has 0 bridgehead atoms. The summed E-state index contributed by atoms with van der Waals surface area (Å²) in [4.78, 5) is 45.1. The van der Waals surface area contributed by atoms with Crippen molar-refractivity contribution >= 4 is 39.8 Å². The fourth-order valence-electron chi connectivity index (χ4n) is 2.17. The average Bonchev–Trinajstić information content (AvgIpc) is 2.44. The van der Waals surface area contributed by atoms with Gasteiger partial charge in [0.1, 0.15) is 6.61 Å². The molecular formula is C14H18BrFO9. The Hall–Kier alpha value is -1.75. The first-order valence-corrected chi connectivity index (χ1v) is 7.91. The minimum absolute atomic E-state index is 0.564. The summed E-state index contributed by atoms with van der Waals surface area (Å²) in [6.45, 7) is 3.67. The van der Waals surface area contributed by atoms with E-state index in [1.807, 2.05) is 0 Å². The molecule has 1 saturated heterocycles. The number of ether oxygens (including phenoxy) is 5. The quantitative estimate of drug-likeness (QED) is 0.355. The average molecular weight is 429 g/mol. The fourth-order valence-corrected chi connectivity index (χ4v) is 2.82. The first kappa shape index (κ1) is 21.3. The van der Waals surface area contributed by atoms with E-state index in [0.29, 0.717) is 0 Å². The molecule has 25 heavy (non-hydrogen) atoms. The highest BCUT2D eigenvalue weighted by Crippen LogP contribution is 2.40. The van der Waals surface area contributed by atoms with Gasteiger partial charge in [-0.15, -0.1) is 0 Å². The maximum atomic E-state index is 14.4. The van der Waals surface area contributed by atoms with E-state index in [9.17, 15) is 23.6 Å². The molecule has 1 rings (SSSR count). The second kappa shape index (κ2) is 8.56. The predicted octanol–water partition coefficient (Wildman–Crippen LogP) is 0.762. The molecule has 0 N–H and O–H groups in total. The van der Waals surface area contributed by atoms with Crippen LogP contribution in [-0.2, 0) is 42.9 Å². The lowest BCUT2D eigenvalue weighted by Crippen LogP contribution is -2.65. The highest BCUT2D eigenvalue weighted by Gasteiger charge is 2.60. The lowest BCUT2D eigenvalue weighted by Gasteiger charge is -2.46. The van der Waals surface area contributed by atoms with Gasteiger partial charge in [0.25, 0.3) is 0 Å². The molecule has 0 aromatic carbocycles. The van der Waals surface area contributed by atoms with Crippen LogP contribution in [0.15, 0.2) is 0 Å². The fraction of sp³-hybridized carbons (Fsp3) is 0.714. The molecular weight excluding hydrogens is 411 g/mol. The topological polar surface area (TPSA) is 114 Å². The van der Waals surface area contributed by atoms with Crippen LogP contribution in [0.2, 0.25) is 0 Å². The molecule has 0 amide bonds. The van der Waals surface area contributed by atoms with Crippen LogP contribution in [0.5, 0.6) is 0 Å². The highest BCUT2D eigenvalue weighted by molar-refractivity contribution is 9.10. The molecule has 1 aliphatic rings. The van der Waals surface area contributed by atoms with Crippen molar-refractivity contribution < 1.29 is 47.3 Å². The minimum Gasteiger partial charge on any atom is -0.462 e. The van der Waals surface area contributed by atoms with Crippen LogP contribution < -0.4 is 0 Å². The van der Waals surface area contributed by atoms with E-state index in [-0.39, 0.29) is 0 Å². The molecule has 0 radical (unpaired) electrons. The molecule has 0 unspecified atom stereocenters. The lowest BCUT2D eigenvalue weighted by atomic mass is 9.98. The van der Waals surface area contributed by atoms with Gasteiger partial charge in [-0.3, -0.25) is 19.2 Å². The van der Waals surface area contributed by atoms with Gasteiger partial charge >= 0.3 is 23.9 Å². The van der Waals surface area contributed by atoms with Gasteiger partial charge in [-0.2, -0.15) is 0 Å². The Morgan fingerprint density at radius 1 is 0.920 bits per heavy atom. The molecule has 1 aliphatic heterocycles. The molecule has 0 aromatic rings. The number of hydrogen-bond donors (Lipinski definition) is 0. The molecule has 0 aliphatic carbocycles. The molecule has 5 atom stereocenters. The van der Waals surface area contributed by atoms with Crippen LogP contribution in [0.1, 0.15) is 27.7 Å². The molecule has 0 aromatic heterocycles. The van der Waals surface area contributed by atoms with Crippen LogP contribution in [0.4, 0.5) is 4.39 Å². The zero-order valence-corrected chi connectivity index (χ0v) is 15.5. The molecule has 0 spiro atoms. The normalized spacial score (nSPS) is 31.6. The SMILES string of the molecule is CC(=O)OC[C@@]1(Br)O[C@@H](F)[C@H](OC(C)=O)[C@@H](OC(C)=O)[C@@H]1OC(C)=O. The summed E-state index contributed by atoms with van der Waals surface area (Å²) >= 11 is 3.04. The summed E-state index contributed by atoms with van der Waals surface area (Å²) in [7, 11) is 0. The first-order valence-electron chi connectivity index (χ1n) is 7.12. The van der Waals surface area contributed by atoms with Crippen molar-refractivity contribution in [2.75, 3.05) is 6.61 Å². The van der Waals surface area contributed by atoms with Gasteiger partial charge in [0.15, 0.2) is 18.3 Å². The van der Waals surface area contributed by atoms with Gasteiger partial charge in [0.05, 0.1) is 0 Å². The van der Waals surface area contributed by atoms with Crippen molar-refractivity contribution in [1.29, 1.82) is 0 Å². The van der Waals surface area contributed by atoms with Crippen molar-refractivity contribution in [3.63, 3.8) is 0 Å². The second-order valence-electron chi connectivity index (χ2n) is 5.21. The van der Waals surface area contributed by atoms with Crippen molar-refractivity contribution in [3.8, 4) is 0 Å². The third-order valence-electron chi connectivity index (χ3n) is 2.98. The number of esters is 4. The van der Waals surface area contributed by atoms with Gasteiger partial charge in [0, 0.05) is 27.7 Å². The van der Waals surface area contributed by atoms with Crippen LogP contribution in [-0.4, -0.2) is 59.7 Å². The Bertz CT molecular complexity index is 554. The third-order valence-corrected chi connectivity index (χ3v) is 3.85. The van der Waals surface area contributed by atoms with E-state index in [2.05, 4.69) is 15.9 Å². The van der Waals surface area contributed by atoms with Crippen LogP contribution >= 0.6 is 15.9 Å². The minimum atomic E-state index is -2.25. The van der Waals surface area contributed by atoms with Crippen LogP contribution in [0.3, 0.4) is 0 Å². The predicted molar refractivity (Wildman–Crippen MR) is 80.9 cm³/mol. The number of carbonyl (C=O) groups excluding carboxylic acids is 4. The highest BCUT2D eigenvalue weighted by atomic mass is 79.9. The van der Waals surface area contributed by atoms with E-state index in [1.54, 1.807) is 0 Å². The number of halogens is 2. The van der Waals surface area contributed by atoms with Crippen LogP contribution in [0, 0.1) is 0 Å². The molecule has 9 nitrogen and oxygen atoms in total. The molecule has 1 heterocycles.